The van der Waals surface area contributed by atoms with Crippen LogP contribution in [0, 0.1) is 13.8 Å². The van der Waals surface area contributed by atoms with Crippen molar-refractivity contribution in [2.75, 3.05) is 31.8 Å². The van der Waals surface area contributed by atoms with Crippen molar-refractivity contribution >= 4 is 23.5 Å². The van der Waals surface area contributed by atoms with E-state index in [2.05, 4.69) is 10.4 Å². The van der Waals surface area contributed by atoms with Crippen molar-refractivity contribution in [2.45, 2.75) is 39.8 Å². The fourth-order valence-corrected chi connectivity index (χ4v) is 3.61. The molecule has 1 aliphatic heterocycles. The second-order valence-electron chi connectivity index (χ2n) is 7.72. The third-order valence-electron chi connectivity index (χ3n) is 5.47. The minimum atomic E-state index is -1.27. The lowest BCUT2D eigenvalue weighted by Gasteiger charge is -2.43. The van der Waals surface area contributed by atoms with E-state index in [0.717, 1.165) is 11.1 Å². The summed E-state index contributed by atoms with van der Waals surface area (Å²) in [5, 5.41) is 7.07. The molecular formula is C22H28N4O5. The van der Waals surface area contributed by atoms with E-state index in [1.807, 2.05) is 32.0 Å². The average molecular weight is 428 g/mol. The van der Waals surface area contributed by atoms with E-state index < -0.39 is 17.4 Å². The number of anilines is 1. The van der Waals surface area contributed by atoms with Crippen LogP contribution >= 0.6 is 0 Å². The predicted molar refractivity (Wildman–Crippen MR) is 114 cm³/mol. The third kappa shape index (κ3) is 4.18. The molecule has 3 rings (SSSR count). The zero-order valence-electron chi connectivity index (χ0n) is 18.5. The molecule has 1 aliphatic rings. The first kappa shape index (κ1) is 22.5. The summed E-state index contributed by atoms with van der Waals surface area (Å²) in [4.78, 5) is 40.4. The largest absolute Gasteiger partial charge is 0.461 e. The molecule has 1 N–H and O–H groups in total. The number of carbonyl (C=O) groups excluding carboxylic acids is 3. The van der Waals surface area contributed by atoms with Crippen molar-refractivity contribution in [1.82, 2.24) is 15.1 Å². The van der Waals surface area contributed by atoms with Crippen LogP contribution in [0.2, 0.25) is 0 Å². The molecule has 0 bridgehead atoms. The maximum absolute atomic E-state index is 13.6. The number of rotatable bonds is 7. The van der Waals surface area contributed by atoms with Crippen LogP contribution in [0.15, 0.2) is 24.3 Å². The molecule has 166 valence electrons. The Morgan fingerprint density at radius 3 is 2.61 bits per heavy atom. The van der Waals surface area contributed by atoms with Crippen LogP contribution < -0.4 is 10.2 Å². The van der Waals surface area contributed by atoms with Crippen LogP contribution in [0.25, 0.3) is 0 Å². The predicted octanol–water partition coefficient (Wildman–Crippen LogP) is 1.86. The number of nitrogens with zero attached hydrogens (tertiary/aromatic N) is 3. The van der Waals surface area contributed by atoms with E-state index in [0.29, 0.717) is 18.8 Å². The van der Waals surface area contributed by atoms with Crippen molar-refractivity contribution in [3.63, 3.8) is 0 Å². The Hall–Kier alpha value is -3.20. The number of ether oxygens (including phenoxy) is 2. The zero-order chi connectivity index (χ0) is 22.8. The highest BCUT2D eigenvalue weighted by atomic mass is 16.5. The van der Waals surface area contributed by atoms with Gasteiger partial charge in [0, 0.05) is 25.4 Å². The lowest BCUT2D eigenvalue weighted by Crippen LogP contribution is -2.64. The monoisotopic (exact) mass is 428 g/mol. The van der Waals surface area contributed by atoms with Crippen LogP contribution in [0.3, 0.4) is 0 Å². The van der Waals surface area contributed by atoms with Crippen molar-refractivity contribution in [3.8, 4) is 0 Å². The summed E-state index contributed by atoms with van der Waals surface area (Å²) >= 11 is 0. The first-order chi connectivity index (χ1) is 14.7. The van der Waals surface area contributed by atoms with Gasteiger partial charge in [-0.05, 0) is 51.0 Å². The van der Waals surface area contributed by atoms with Gasteiger partial charge in [-0.25, -0.2) is 4.79 Å². The van der Waals surface area contributed by atoms with E-state index in [9.17, 15) is 14.4 Å². The maximum Gasteiger partial charge on any atom is 0.358 e. The Bertz CT molecular complexity index is 1020. The fourth-order valence-electron chi connectivity index (χ4n) is 3.61. The molecule has 9 nitrogen and oxygen atoms in total. The maximum atomic E-state index is 13.6. The Labute approximate surface area is 181 Å². The van der Waals surface area contributed by atoms with Crippen LogP contribution in [0.1, 0.15) is 46.0 Å². The van der Waals surface area contributed by atoms with Gasteiger partial charge in [-0.1, -0.05) is 6.07 Å². The molecule has 31 heavy (non-hydrogen) atoms. The van der Waals surface area contributed by atoms with Crippen LogP contribution in [-0.4, -0.2) is 60.0 Å². The lowest BCUT2D eigenvalue weighted by atomic mass is 9.93. The molecule has 0 fully saturated rings. The Morgan fingerprint density at radius 1 is 1.23 bits per heavy atom. The highest BCUT2D eigenvalue weighted by molar-refractivity contribution is 6.12. The minimum Gasteiger partial charge on any atom is -0.461 e. The molecule has 1 aromatic heterocycles. The van der Waals surface area contributed by atoms with Crippen LogP contribution in [-0.2, 0) is 20.8 Å². The second kappa shape index (κ2) is 8.89. The number of aryl methyl sites for hydroxylation is 2. The van der Waals surface area contributed by atoms with Gasteiger partial charge in [0.2, 0.25) is 5.91 Å². The molecular weight excluding hydrogens is 400 g/mol. The number of fused-ring (bicyclic) bond motifs is 1. The van der Waals surface area contributed by atoms with Crippen molar-refractivity contribution in [3.05, 3.63) is 46.8 Å². The Balaban J connectivity index is 2.08. The summed E-state index contributed by atoms with van der Waals surface area (Å²) < 4.78 is 11.4. The normalized spacial score (nSPS) is 18.0. The summed E-state index contributed by atoms with van der Waals surface area (Å²) in [6.45, 7) is 8.25. The molecule has 0 saturated heterocycles. The molecule has 0 unspecified atom stereocenters. The Morgan fingerprint density at radius 2 is 1.97 bits per heavy atom. The highest BCUT2D eigenvalue weighted by Crippen LogP contribution is 2.33. The summed E-state index contributed by atoms with van der Waals surface area (Å²) in [6.07, 6.45) is 0. The topological polar surface area (TPSA) is 103 Å². The zero-order valence-corrected chi connectivity index (χ0v) is 18.5. The van der Waals surface area contributed by atoms with Gasteiger partial charge in [0.05, 0.1) is 19.8 Å². The van der Waals surface area contributed by atoms with Gasteiger partial charge >= 0.3 is 5.97 Å². The highest BCUT2D eigenvalue weighted by Gasteiger charge is 2.49. The quantitative estimate of drug-likeness (QED) is 0.533. The molecule has 0 aliphatic carbocycles. The number of hydrogen-bond acceptors (Lipinski definition) is 6. The third-order valence-corrected chi connectivity index (χ3v) is 5.47. The van der Waals surface area contributed by atoms with Crippen molar-refractivity contribution < 1.29 is 23.9 Å². The van der Waals surface area contributed by atoms with E-state index in [-0.39, 0.29) is 30.4 Å². The van der Waals surface area contributed by atoms with Crippen molar-refractivity contribution in [2.24, 2.45) is 0 Å². The van der Waals surface area contributed by atoms with Gasteiger partial charge in [0.25, 0.3) is 5.91 Å². The molecule has 9 heteroatoms. The number of benzene rings is 1. The summed E-state index contributed by atoms with van der Waals surface area (Å²) in [5.74, 6) is -1.36. The number of carbonyl (C=O) groups is 3. The molecule has 1 atom stereocenters. The molecule has 2 amide bonds. The standard InChI is InChI=1S/C22H28N4O5/c1-6-31-20(28)17-12-18-19(27)26(16-8-7-14(2)15(3)11-16)22(4,13-25(18)24-17)21(29)23-9-10-30-5/h7-8,11-12H,6,9-10,13H2,1-5H3,(H,23,29)/t22-/m0/s1. The summed E-state index contributed by atoms with van der Waals surface area (Å²) in [5.41, 5.74) is 1.67. The minimum absolute atomic E-state index is 0.0364. The molecule has 0 radical (unpaired) electrons. The average Bonchev–Trinajstić information content (AvgIpc) is 3.15. The number of amides is 2. The van der Waals surface area contributed by atoms with E-state index in [1.54, 1.807) is 21.0 Å². The molecule has 0 spiro atoms. The van der Waals surface area contributed by atoms with E-state index in [1.165, 1.54) is 15.6 Å². The fraction of sp³-hybridized carbons (Fsp3) is 0.455. The van der Waals surface area contributed by atoms with E-state index >= 15 is 0 Å². The smallest absolute Gasteiger partial charge is 0.358 e. The second-order valence-corrected chi connectivity index (χ2v) is 7.72. The summed E-state index contributed by atoms with van der Waals surface area (Å²) in [7, 11) is 1.55. The first-order valence-electron chi connectivity index (χ1n) is 10.2. The molecule has 2 heterocycles. The number of methoxy groups -OCH3 is 1. The van der Waals surface area contributed by atoms with Gasteiger partial charge in [0.15, 0.2) is 5.69 Å². The van der Waals surface area contributed by atoms with E-state index in [4.69, 9.17) is 9.47 Å². The summed E-state index contributed by atoms with van der Waals surface area (Å²) in [6, 6.07) is 7.03. The first-order valence-corrected chi connectivity index (χ1v) is 10.2. The van der Waals surface area contributed by atoms with Crippen molar-refractivity contribution in [1.29, 1.82) is 0 Å². The molecule has 0 saturated carbocycles. The van der Waals surface area contributed by atoms with Crippen LogP contribution in [0.4, 0.5) is 5.69 Å². The van der Waals surface area contributed by atoms with Crippen LogP contribution in [0.5, 0.6) is 0 Å². The number of hydrogen-bond donors (Lipinski definition) is 1. The van der Waals surface area contributed by atoms with Gasteiger partial charge in [0.1, 0.15) is 11.2 Å². The van der Waals surface area contributed by atoms with Gasteiger partial charge in [-0.2, -0.15) is 5.10 Å². The molecule has 1 aromatic carbocycles. The van der Waals surface area contributed by atoms with Gasteiger partial charge < -0.3 is 14.8 Å². The number of nitrogens with one attached hydrogen (secondary N) is 1. The van der Waals surface area contributed by atoms with Gasteiger partial charge in [-0.3, -0.25) is 19.2 Å². The number of esters is 1. The SMILES string of the molecule is CCOC(=O)c1cc2n(n1)C[C@@](C)(C(=O)NCCOC)N(c1ccc(C)c(C)c1)C2=O. The number of aromatic nitrogens is 2. The molecule has 2 aromatic rings. The Kier molecular flexibility index (Phi) is 6.45. The van der Waals surface area contributed by atoms with Gasteiger partial charge in [-0.15, -0.1) is 0 Å². The lowest BCUT2D eigenvalue weighted by molar-refractivity contribution is -0.126.